The normalized spacial score (nSPS) is 20.7. The molecule has 3 saturated heterocycles. The van der Waals surface area contributed by atoms with Gasteiger partial charge < -0.3 is 29.1 Å². The summed E-state index contributed by atoms with van der Waals surface area (Å²) in [4.78, 5) is 47.9. The minimum atomic E-state index is -4.77. The number of H-pyrrole nitrogens is 2. The highest BCUT2D eigenvalue weighted by Crippen LogP contribution is 2.44. The first-order valence-electron chi connectivity index (χ1n) is 20.7. The Labute approximate surface area is 356 Å². The third-order valence-corrected chi connectivity index (χ3v) is 11.9. The molecule has 1 spiro atoms. The average Bonchev–Trinajstić information content (AvgIpc) is 4.14. The van der Waals surface area contributed by atoms with Crippen LogP contribution >= 0.6 is 0 Å². The number of carbonyl (C=O) groups is 2. The number of nitrogens with zero attached hydrogens (tertiary/aromatic N) is 5. The van der Waals surface area contributed by atoms with Crippen LogP contribution in [0.5, 0.6) is 0 Å². The fourth-order valence-electron chi connectivity index (χ4n) is 8.83. The van der Waals surface area contributed by atoms with Crippen molar-refractivity contribution in [1.29, 1.82) is 0 Å². The minimum absolute atomic E-state index is 0.0214. The van der Waals surface area contributed by atoms with Crippen LogP contribution in [0, 0.1) is 0 Å². The molecule has 4 unspecified atom stereocenters. The van der Waals surface area contributed by atoms with E-state index in [2.05, 4.69) is 15.0 Å². The maximum absolute atomic E-state index is 14.6. The van der Waals surface area contributed by atoms with Crippen LogP contribution in [0.3, 0.4) is 0 Å². The molecule has 0 radical (unpaired) electrons. The molecule has 0 saturated carbocycles. The molecule has 320 valence electrons. The number of hydrogen-bond acceptors (Lipinski definition) is 8. The van der Waals surface area contributed by atoms with E-state index < -0.39 is 35.8 Å². The molecule has 3 aliphatic rings. The number of halogens is 3. The van der Waals surface area contributed by atoms with Gasteiger partial charge in [-0.05, 0) is 54.8 Å². The molecule has 62 heavy (non-hydrogen) atoms. The second kappa shape index (κ2) is 16.9. The number of carbonyl (C=O) groups excluding carboxylic acids is 2. The van der Waals surface area contributed by atoms with Gasteiger partial charge in [0, 0.05) is 18.5 Å². The molecule has 2 aromatic heterocycles. The third-order valence-electron chi connectivity index (χ3n) is 11.9. The molecule has 5 heterocycles. The van der Waals surface area contributed by atoms with Gasteiger partial charge in [0.1, 0.15) is 41.7 Å². The van der Waals surface area contributed by atoms with Gasteiger partial charge in [0.05, 0.1) is 37.8 Å². The summed E-state index contributed by atoms with van der Waals surface area (Å²) in [5, 5.41) is 0. The van der Waals surface area contributed by atoms with Crippen molar-refractivity contribution in [3.8, 4) is 33.6 Å². The van der Waals surface area contributed by atoms with E-state index in [1.807, 2.05) is 109 Å². The average molecular weight is 846 g/mol. The number of alkyl halides is 3. The number of hydrogen-bond donors (Lipinski definition) is 2. The lowest BCUT2D eigenvalue weighted by Crippen LogP contribution is -2.50. The first-order chi connectivity index (χ1) is 30.0. The van der Waals surface area contributed by atoms with Crippen LogP contribution in [0.15, 0.2) is 115 Å². The summed E-state index contributed by atoms with van der Waals surface area (Å²) in [5.74, 6) is 0.713. The maximum atomic E-state index is 14.6. The summed E-state index contributed by atoms with van der Waals surface area (Å²) in [6.07, 6.45) is -1.70. The fraction of sp³-hybridized carbons (Fsp3) is 0.319. The van der Waals surface area contributed by atoms with Gasteiger partial charge in [-0.3, -0.25) is 14.6 Å². The van der Waals surface area contributed by atoms with E-state index >= 15 is 0 Å². The Kier molecular flexibility index (Phi) is 11.2. The van der Waals surface area contributed by atoms with E-state index in [1.165, 1.54) is 4.90 Å². The molecule has 9 rings (SSSR count). The van der Waals surface area contributed by atoms with E-state index in [4.69, 9.17) is 19.2 Å². The van der Waals surface area contributed by atoms with Crippen molar-refractivity contribution in [3.63, 3.8) is 0 Å². The van der Waals surface area contributed by atoms with Gasteiger partial charge in [0.25, 0.3) is 0 Å². The number of imidazole rings is 2. The van der Waals surface area contributed by atoms with Crippen LogP contribution in [-0.2, 0) is 31.8 Å². The number of amides is 2. The van der Waals surface area contributed by atoms with Crippen LogP contribution in [0.4, 0.5) is 18.0 Å². The standard InChI is InChI=1S/C47H46F3N7O5/c1-55(2)40(35-12-7-4-8-13-35)44(58)56-24-9-14-37(56)42-51-26-36(52-42)33-19-15-31(16-20-33)32-17-21-34(22-18-32)39-41(47(48,49)50)54-43(53-39)38-28-62-46(23-25-60-29-46)57(38)45(59)61-27-30-10-5-3-6-11-30/h3-8,10-13,15-22,26,37-38,40H,9,14,23-25,27-29H2,1-2H3,(H,51,52)(H,53,54). The predicted octanol–water partition coefficient (Wildman–Crippen LogP) is 8.95. The highest BCUT2D eigenvalue weighted by atomic mass is 19.4. The molecule has 15 heteroatoms. The van der Waals surface area contributed by atoms with Gasteiger partial charge in [-0.25, -0.2) is 14.8 Å². The summed E-state index contributed by atoms with van der Waals surface area (Å²) >= 11 is 0. The van der Waals surface area contributed by atoms with E-state index in [1.54, 1.807) is 30.5 Å². The second-order valence-electron chi connectivity index (χ2n) is 16.1. The number of likely N-dealkylation sites (N-methyl/N-ethyl adjacent to an activating group) is 1. The molecule has 3 fully saturated rings. The summed E-state index contributed by atoms with van der Waals surface area (Å²) in [6, 6.07) is 31.9. The van der Waals surface area contributed by atoms with Gasteiger partial charge in [-0.15, -0.1) is 0 Å². The Hall–Kier alpha value is -6.29. The zero-order valence-electron chi connectivity index (χ0n) is 34.3. The van der Waals surface area contributed by atoms with E-state index in [0.717, 1.165) is 52.2 Å². The lowest BCUT2D eigenvalue weighted by atomic mass is 10.0. The number of ether oxygens (including phenoxy) is 3. The predicted molar refractivity (Wildman–Crippen MR) is 224 cm³/mol. The Morgan fingerprint density at radius 1 is 0.871 bits per heavy atom. The molecular formula is C47H46F3N7O5. The quantitative estimate of drug-likeness (QED) is 0.140. The van der Waals surface area contributed by atoms with Crippen molar-refractivity contribution in [3.05, 3.63) is 144 Å². The molecule has 0 aliphatic carbocycles. The molecule has 12 nitrogen and oxygen atoms in total. The summed E-state index contributed by atoms with van der Waals surface area (Å²) < 4.78 is 61.2. The SMILES string of the molecule is CN(C)C(C(=O)N1CCCC1c1ncc(-c2ccc(-c3ccc(-c4nc(C5COC6(CCOC6)N5C(=O)OCc5ccccc5)[nH]c4C(F)(F)F)cc3)cc2)[nH]1)c1ccccc1. The van der Waals surface area contributed by atoms with Gasteiger partial charge in [-0.1, -0.05) is 109 Å². The van der Waals surface area contributed by atoms with Crippen molar-refractivity contribution in [2.75, 3.05) is 40.5 Å². The van der Waals surface area contributed by atoms with Crippen LogP contribution < -0.4 is 0 Å². The van der Waals surface area contributed by atoms with Crippen LogP contribution in [0.1, 0.15) is 65.9 Å². The minimum Gasteiger partial charge on any atom is -0.444 e. The smallest absolute Gasteiger partial charge is 0.433 e. The molecule has 6 aromatic rings. The van der Waals surface area contributed by atoms with E-state index in [-0.39, 0.29) is 48.9 Å². The first kappa shape index (κ1) is 41.1. The highest BCUT2D eigenvalue weighted by Gasteiger charge is 2.55. The zero-order valence-corrected chi connectivity index (χ0v) is 34.3. The molecule has 3 aliphatic heterocycles. The van der Waals surface area contributed by atoms with Crippen molar-refractivity contribution in [1.82, 2.24) is 34.6 Å². The number of nitrogens with one attached hydrogen (secondary N) is 2. The van der Waals surface area contributed by atoms with Gasteiger partial charge in [0.15, 0.2) is 5.72 Å². The Morgan fingerprint density at radius 3 is 2.18 bits per heavy atom. The molecular weight excluding hydrogens is 800 g/mol. The molecule has 2 N–H and O–H groups in total. The summed E-state index contributed by atoms with van der Waals surface area (Å²) in [6.45, 7) is 0.921. The fourth-order valence-corrected chi connectivity index (χ4v) is 8.83. The Morgan fingerprint density at radius 2 is 1.53 bits per heavy atom. The van der Waals surface area contributed by atoms with Crippen LogP contribution in [-0.4, -0.2) is 92.8 Å². The van der Waals surface area contributed by atoms with Gasteiger partial charge in [0.2, 0.25) is 5.91 Å². The first-order valence-corrected chi connectivity index (χ1v) is 20.7. The topological polar surface area (TPSA) is 129 Å². The molecule has 2 amide bonds. The zero-order chi connectivity index (χ0) is 43.0. The Balaban J connectivity index is 0.916. The molecule has 4 aromatic carbocycles. The maximum Gasteiger partial charge on any atom is 0.433 e. The molecule has 0 bridgehead atoms. The van der Waals surface area contributed by atoms with E-state index in [9.17, 15) is 22.8 Å². The number of aromatic amines is 2. The number of likely N-dealkylation sites (tertiary alicyclic amines) is 1. The number of rotatable bonds is 10. The lowest BCUT2D eigenvalue weighted by molar-refractivity contribution is -0.140. The van der Waals surface area contributed by atoms with Crippen molar-refractivity contribution >= 4 is 12.0 Å². The summed E-state index contributed by atoms with van der Waals surface area (Å²) in [7, 11) is 3.83. The monoisotopic (exact) mass is 845 g/mol. The number of aromatic nitrogens is 4. The Bertz CT molecular complexity index is 2500. The van der Waals surface area contributed by atoms with Gasteiger partial charge >= 0.3 is 12.3 Å². The molecule has 4 atom stereocenters. The van der Waals surface area contributed by atoms with Crippen LogP contribution in [0.2, 0.25) is 0 Å². The van der Waals surface area contributed by atoms with Crippen molar-refractivity contribution in [2.24, 2.45) is 0 Å². The van der Waals surface area contributed by atoms with E-state index in [0.29, 0.717) is 19.6 Å². The van der Waals surface area contributed by atoms with Crippen LogP contribution in [0.25, 0.3) is 33.6 Å². The lowest BCUT2D eigenvalue weighted by Gasteiger charge is -2.33. The van der Waals surface area contributed by atoms with Crippen molar-refractivity contribution < 1.29 is 37.0 Å². The summed E-state index contributed by atoms with van der Waals surface area (Å²) in [5.41, 5.74) is 2.83. The van der Waals surface area contributed by atoms with Crippen molar-refractivity contribution in [2.45, 2.75) is 55.9 Å². The highest BCUT2D eigenvalue weighted by molar-refractivity contribution is 5.84. The largest absolute Gasteiger partial charge is 0.444 e. The van der Waals surface area contributed by atoms with Gasteiger partial charge in [-0.2, -0.15) is 13.2 Å². The third kappa shape index (κ3) is 7.98. The number of benzene rings is 4. The second-order valence-corrected chi connectivity index (χ2v) is 16.1.